The first-order valence-corrected chi connectivity index (χ1v) is 9.15. The molecule has 1 atom stereocenters. The molecule has 0 saturated heterocycles. The Bertz CT molecular complexity index is 1150. The molecular weight excluding hydrogens is 370 g/mol. The van der Waals surface area contributed by atoms with Crippen molar-refractivity contribution in [1.82, 2.24) is 0 Å². The van der Waals surface area contributed by atoms with E-state index in [1.54, 1.807) is 6.07 Å². The third kappa shape index (κ3) is 4.17. The zero-order valence-electron chi connectivity index (χ0n) is 17.1. The number of ketones is 2. The van der Waals surface area contributed by atoms with Crippen molar-refractivity contribution in [2.75, 3.05) is 0 Å². The summed E-state index contributed by atoms with van der Waals surface area (Å²) in [5.41, 5.74) is 2.71. The van der Waals surface area contributed by atoms with E-state index in [4.69, 9.17) is 18.8 Å². The first kappa shape index (κ1) is 15.0. The van der Waals surface area contributed by atoms with E-state index in [2.05, 4.69) is 0 Å². The maximum absolute atomic E-state index is 12.8. The summed E-state index contributed by atoms with van der Waals surface area (Å²) in [6.45, 7) is 1.35. The fourth-order valence-corrected chi connectivity index (χ4v) is 3.17. The lowest BCUT2D eigenvalue weighted by Gasteiger charge is -2.10. The molecule has 0 saturated carbocycles. The van der Waals surface area contributed by atoms with Gasteiger partial charge < -0.3 is 14.7 Å². The molecule has 1 aliphatic heterocycles. The largest absolute Gasteiger partial charge is 0.460 e. The fraction of sp³-hybridized carbons (Fsp3) is 0.158. The Morgan fingerprint density at radius 3 is 2.44 bits per heavy atom. The predicted molar refractivity (Wildman–Crippen MR) is 96.6 cm³/mol. The van der Waals surface area contributed by atoms with Gasteiger partial charge in [-0.25, -0.2) is 0 Å². The Labute approximate surface area is 160 Å². The van der Waals surface area contributed by atoms with Gasteiger partial charge in [0.05, 0.1) is 4.11 Å². The van der Waals surface area contributed by atoms with Crippen molar-refractivity contribution in [3.63, 3.8) is 0 Å². The van der Waals surface area contributed by atoms with Crippen LogP contribution >= 0.6 is 0 Å². The van der Waals surface area contributed by atoms with Crippen LogP contribution in [0.4, 0.5) is 0 Å². The molecule has 2 aromatic rings. The summed E-state index contributed by atoms with van der Waals surface area (Å²) in [7, 11) is -5.05. The van der Waals surface area contributed by atoms with Crippen LogP contribution in [0.25, 0.3) is 0 Å². The molecule has 1 heterocycles. The summed E-state index contributed by atoms with van der Waals surface area (Å²) in [5.74, 6) is -3.20. The molecule has 2 N–H and O–H groups in total. The summed E-state index contributed by atoms with van der Waals surface area (Å²) in [5, 5.41) is 0. The van der Waals surface area contributed by atoms with Crippen LogP contribution in [0.5, 0.6) is 0 Å². The van der Waals surface area contributed by atoms with Gasteiger partial charge in [0.2, 0.25) is 17.4 Å². The molecule has 2 aromatic carbocycles. The molecule has 8 heteroatoms. The molecule has 0 amide bonds. The lowest BCUT2D eigenvalue weighted by atomic mass is 10.0. The SMILES string of the molecule is [2H]C([2H])(c1ccccc1)S(=O)(=O)OC1=C(N)O[C@@]([2H])(c2ccc(C(C)=O)cc2)C1=O. The van der Waals surface area contributed by atoms with E-state index < -0.39 is 39.3 Å². The van der Waals surface area contributed by atoms with Crippen molar-refractivity contribution in [3.05, 3.63) is 82.9 Å². The number of rotatable bonds is 6. The van der Waals surface area contributed by atoms with Gasteiger partial charge in [-0.15, -0.1) is 0 Å². The van der Waals surface area contributed by atoms with Crippen molar-refractivity contribution in [2.24, 2.45) is 5.73 Å². The highest BCUT2D eigenvalue weighted by Crippen LogP contribution is 2.32. The molecule has 0 unspecified atom stereocenters. The van der Waals surface area contributed by atoms with Gasteiger partial charge >= 0.3 is 10.1 Å². The highest BCUT2D eigenvalue weighted by molar-refractivity contribution is 7.86. The van der Waals surface area contributed by atoms with E-state index in [1.807, 2.05) is 0 Å². The van der Waals surface area contributed by atoms with E-state index in [-0.39, 0.29) is 16.9 Å². The van der Waals surface area contributed by atoms with Crippen molar-refractivity contribution in [2.45, 2.75) is 18.7 Å². The summed E-state index contributed by atoms with van der Waals surface area (Å²) in [6, 6.07) is 12.3. The van der Waals surface area contributed by atoms with Gasteiger partial charge in [-0.05, 0) is 12.5 Å². The average Bonchev–Trinajstić information content (AvgIpc) is 2.92. The Hall–Kier alpha value is -3.13. The molecule has 7 nitrogen and oxygen atoms in total. The number of hydrogen-bond donors (Lipinski definition) is 1. The molecule has 27 heavy (non-hydrogen) atoms. The normalized spacial score (nSPS) is 21.8. The number of benzene rings is 2. The molecule has 0 radical (unpaired) electrons. The third-order valence-corrected chi connectivity index (χ3v) is 4.48. The van der Waals surface area contributed by atoms with E-state index in [9.17, 15) is 18.0 Å². The number of hydrogen-bond acceptors (Lipinski definition) is 7. The first-order chi connectivity index (χ1) is 13.9. The summed E-state index contributed by atoms with van der Waals surface area (Å²) < 4.78 is 59.2. The number of Topliss-reactive ketones (excluding diaryl/α,β-unsaturated/α-hetero) is 2. The Morgan fingerprint density at radius 2 is 1.85 bits per heavy atom. The van der Waals surface area contributed by atoms with E-state index in [0.717, 1.165) is 0 Å². The van der Waals surface area contributed by atoms with Crippen molar-refractivity contribution in [1.29, 1.82) is 0 Å². The van der Waals surface area contributed by atoms with E-state index in [0.29, 0.717) is 5.56 Å². The zero-order valence-corrected chi connectivity index (χ0v) is 14.9. The van der Waals surface area contributed by atoms with Crippen LogP contribution in [-0.4, -0.2) is 20.0 Å². The Morgan fingerprint density at radius 1 is 1.22 bits per heavy atom. The van der Waals surface area contributed by atoms with Crippen LogP contribution < -0.4 is 5.73 Å². The van der Waals surface area contributed by atoms with Crippen molar-refractivity contribution < 1.29 is 31.0 Å². The van der Waals surface area contributed by atoms with Crippen molar-refractivity contribution in [3.8, 4) is 0 Å². The van der Waals surface area contributed by atoms with Gasteiger partial charge in [0, 0.05) is 11.1 Å². The summed E-state index contributed by atoms with van der Waals surface area (Å²) >= 11 is 0. The van der Waals surface area contributed by atoms with Crippen LogP contribution in [0.1, 0.15) is 38.6 Å². The smallest absolute Gasteiger partial charge is 0.313 e. The highest BCUT2D eigenvalue weighted by Gasteiger charge is 2.39. The van der Waals surface area contributed by atoms with Gasteiger partial charge in [0.1, 0.15) is 5.70 Å². The quantitative estimate of drug-likeness (QED) is 0.594. The molecule has 0 aliphatic carbocycles. The average molecular weight is 390 g/mol. The zero-order chi connectivity index (χ0) is 22.3. The number of carbonyl (C=O) groups is 2. The molecule has 140 valence electrons. The predicted octanol–water partition coefficient (Wildman–Crippen LogP) is 2.20. The van der Waals surface area contributed by atoms with Gasteiger partial charge in [0.15, 0.2) is 11.9 Å². The molecule has 3 rings (SSSR count). The van der Waals surface area contributed by atoms with Gasteiger partial charge in [-0.2, -0.15) is 8.42 Å². The van der Waals surface area contributed by atoms with Crippen LogP contribution in [-0.2, 0) is 29.5 Å². The maximum atomic E-state index is 12.8. The fourth-order valence-electron chi connectivity index (χ4n) is 2.32. The second-order valence-electron chi connectivity index (χ2n) is 5.59. The minimum Gasteiger partial charge on any atom is -0.460 e. The topological polar surface area (TPSA) is 113 Å². The lowest BCUT2D eigenvalue weighted by molar-refractivity contribution is -0.123. The molecular formula is C19H17NO6S. The molecule has 1 aliphatic rings. The van der Waals surface area contributed by atoms with Gasteiger partial charge in [-0.3, -0.25) is 9.59 Å². The molecule has 0 fully saturated rings. The van der Waals surface area contributed by atoms with Crippen LogP contribution in [0, 0.1) is 0 Å². The van der Waals surface area contributed by atoms with Gasteiger partial charge in [0.25, 0.3) is 0 Å². The van der Waals surface area contributed by atoms with Gasteiger partial charge in [-0.1, -0.05) is 54.6 Å². The monoisotopic (exact) mass is 390 g/mol. The van der Waals surface area contributed by atoms with Crippen LogP contribution in [0.15, 0.2) is 66.2 Å². The number of ether oxygens (including phenoxy) is 1. The summed E-state index contributed by atoms with van der Waals surface area (Å²) in [4.78, 5) is 24.2. The van der Waals surface area contributed by atoms with Crippen LogP contribution in [0.2, 0.25) is 0 Å². The third-order valence-electron chi connectivity index (χ3n) is 3.61. The molecule has 0 aromatic heterocycles. The summed E-state index contributed by atoms with van der Waals surface area (Å²) in [6.07, 6.45) is -2.44. The van der Waals surface area contributed by atoms with Crippen LogP contribution in [0.3, 0.4) is 0 Å². The second-order valence-corrected chi connectivity index (χ2v) is 6.87. The Balaban J connectivity index is 1.91. The van der Waals surface area contributed by atoms with E-state index >= 15 is 0 Å². The first-order valence-electron chi connectivity index (χ1n) is 9.25. The second kappa shape index (κ2) is 7.24. The lowest BCUT2D eigenvalue weighted by Crippen LogP contribution is -2.16. The Kier molecular flexibility index (Phi) is 4.02. The minimum absolute atomic E-state index is 0.0116. The maximum Gasteiger partial charge on any atom is 0.313 e. The highest BCUT2D eigenvalue weighted by atomic mass is 32.2. The number of carbonyl (C=O) groups excluding carboxylic acids is 2. The standard InChI is InChI=1S/C19H17NO6S/c1-12(21)14-7-9-15(10-8-14)17-16(22)18(19(20)25-17)26-27(23,24)11-13-5-3-2-4-6-13/h2-10,17H,11,20H2,1H3/t17-/m0/s1/i11D2,17D. The number of nitrogens with two attached hydrogens (primary N) is 1. The molecule has 0 bridgehead atoms. The minimum atomic E-state index is -5.05. The molecule has 0 spiro atoms. The van der Waals surface area contributed by atoms with Crippen molar-refractivity contribution >= 4 is 21.7 Å². The van der Waals surface area contributed by atoms with E-state index in [1.165, 1.54) is 55.5 Å².